The molecule has 0 aliphatic rings. The van der Waals surface area contributed by atoms with Gasteiger partial charge in [0.05, 0.1) is 0 Å². The van der Waals surface area contributed by atoms with Gasteiger partial charge in [-0.3, -0.25) is 9.59 Å². The minimum absolute atomic E-state index is 0.00583. The Morgan fingerprint density at radius 3 is 2.05 bits per heavy atom. The first-order valence-corrected chi connectivity index (χ1v) is 14.2. The molecule has 2 aromatic carbocycles. The van der Waals surface area contributed by atoms with Crippen LogP contribution in [0.5, 0.6) is 0 Å². The lowest BCUT2D eigenvalue weighted by Crippen LogP contribution is -2.11. The van der Waals surface area contributed by atoms with Crippen LogP contribution < -0.4 is 10.6 Å². The molecular weight excluding hydrogens is 500 g/mol. The molecule has 0 atom stereocenters. The molecule has 192 valence electrons. The molecule has 0 saturated carbocycles. The second-order valence-electron chi connectivity index (χ2n) is 9.07. The Labute approximate surface area is 226 Å². The second-order valence-corrected chi connectivity index (χ2v) is 11.5. The number of hydrogen-bond acceptors (Lipinski definition) is 6. The molecule has 8 heteroatoms. The highest BCUT2D eigenvalue weighted by atomic mass is 32.1. The number of nitrogens with one attached hydrogen (secondary N) is 2. The van der Waals surface area contributed by atoms with Crippen molar-refractivity contribution in [2.75, 3.05) is 10.6 Å². The summed E-state index contributed by atoms with van der Waals surface area (Å²) in [5.41, 5.74) is 4.92. The fourth-order valence-electron chi connectivity index (χ4n) is 4.16. The van der Waals surface area contributed by atoms with Crippen molar-refractivity contribution >= 4 is 44.8 Å². The van der Waals surface area contributed by atoms with Crippen LogP contribution in [-0.4, -0.2) is 21.8 Å². The van der Waals surface area contributed by atoms with Crippen molar-refractivity contribution in [3.8, 4) is 11.1 Å². The van der Waals surface area contributed by atoms with Gasteiger partial charge in [0.2, 0.25) is 11.8 Å². The van der Waals surface area contributed by atoms with Crippen molar-refractivity contribution in [1.29, 1.82) is 0 Å². The van der Waals surface area contributed by atoms with Gasteiger partial charge in [-0.1, -0.05) is 48.5 Å². The van der Waals surface area contributed by atoms with Crippen LogP contribution in [0.1, 0.15) is 53.0 Å². The van der Waals surface area contributed by atoms with Crippen LogP contribution in [0, 0.1) is 13.8 Å². The van der Waals surface area contributed by atoms with Gasteiger partial charge in [0.1, 0.15) is 0 Å². The lowest BCUT2D eigenvalue weighted by molar-refractivity contribution is -0.117. The average molecular weight is 533 g/mol. The summed E-state index contributed by atoms with van der Waals surface area (Å²) in [6.07, 6.45) is 8.81. The summed E-state index contributed by atoms with van der Waals surface area (Å²) in [5, 5.41) is 7.09. The number of carbonyl (C=O) groups excluding carboxylic acids is 2. The van der Waals surface area contributed by atoms with E-state index in [9.17, 15) is 9.59 Å². The Bertz CT molecular complexity index is 1340. The molecule has 2 heterocycles. The maximum absolute atomic E-state index is 12.2. The zero-order valence-corrected chi connectivity index (χ0v) is 22.9. The molecule has 0 aliphatic carbocycles. The second kappa shape index (κ2) is 13.3. The maximum Gasteiger partial charge on any atom is 0.226 e. The summed E-state index contributed by atoms with van der Waals surface area (Å²) in [6.45, 7) is 3.95. The molecule has 0 saturated heterocycles. The summed E-state index contributed by atoms with van der Waals surface area (Å²) in [6, 6.07) is 17.1. The maximum atomic E-state index is 12.2. The Balaban J connectivity index is 1.26. The molecule has 2 N–H and O–H groups in total. The molecule has 0 radical (unpaired) electrons. The van der Waals surface area contributed by atoms with Gasteiger partial charge in [0.25, 0.3) is 0 Å². The minimum atomic E-state index is 0.00583. The Morgan fingerprint density at radius 1 is 0.757 bits per heavy atom. The SMILES string of the molecule is Cc1cnc(NC(=O)CCCCc2ccccc2-c2cccc(CCCC(=O)Nc3ncc(C)s3)c2)s1. The van der Waals surface area contributed by atoms with E-state index >= 15 is 0 Å². The molecule has 6 nitrogen and oxygen atoms in total. The van der Waals surface area contributed by atoms with Crippen LogP contribution in [0.25, 0.3) is 11.1 Å². The normalized spacial score (nSPS) is 10.9. The summed E-state index contributed by atoms with van der Waals surface area (Å²) in [7, 11) is 0. The van der Waals surface area contributed by atoms with Crippen LogP contribution in [0.4, 0.5) is 10.3 Å². The molecule has 4 rings (SSSR count). The van der Waals surface area contributed by atoms with E-state index in [1.54, 1.807) is 12.4 Å². The molecule has 2 aromatic heterocycles. The van der Waals surface area contributed by atoms with Crippen molar-refractivity contribution in [3.63, 3.8) is 0 Å². The number of nitrogens with zero attached hydrogens (tertiary/aromatic N) is 2. The topological polar surface area (TPSA) is 84.0 Å². The molecule has 2 amide bonds. The van der Waals surface area contributed by atoms with E-state index in [1.165, 1.54) is 44.9 Å². The Kier molecular flexibility index (Phi) is 9.57. The highest BCUT2D eigenvalue weighted by molar-refractivity contribution is 7.16. The predicted molar refractivity (Wildman–Crippen MR) is 153 cm³/mol. The number of hydrogen-bond donors (Lipinski definition) is 2. The quantitative estimate of drug-likeness (QED) is 0.189. The minimum Gasteiger partial charge on any atom is -0.302 e. The van der Waals surface area contributed by atoms with E-state index in [0.717, 1.165) is 41.9 Å². The molecule has 0 bridgehead atoms. The van der Waals surface area contributed by atoms with Gasteiger partial charge < -0.3 is 10.6 Å². The molecular formula is C29H32N4O2S2. The lowest BCUT2D eigenvalue weighted by Gasteiger charge is -2.11. The van der Waals surface area contributed by atoms with E-state index in [-0.39, 0.29) is 11.8 Å². The van der Waals surface area contributed by atoms with Crippen molar-refractivity contribution in [3.05, 3.63) is 81.8 Å². The van der Waals surface area contributed by atoms with Crippen LogP contribution in [0.2, 0.25) is 0 Å². The number of anilines is 2. The largest absolute Gasteiger partial charge is 0.302 e. The third-order valence-corrected chi connectivity index (χ3v) is 7.62. The average Bonchev–Trinajstić information content (AvgIpc) is 3.49. The van der Waals surface area contributed by atoms with Gasteiger partial charge in [-0.15, -0.1) is 22.7 Å². The number of thiazole rings is 2. The number of rotatable bonds is 12. The highest BCUT2D eigenvalue weighted by Gasteiger charge is 2.09. The van der Waals surface area contributed by atoms with Crippen molar-refractivity contribution < 1.29 is 9.59 Å². The smallest absolute Gasteiger partial charge is 0.226 e. The number of aryl methyl sites for hydroxylation is 4. The Morgan fingerprint density at radius 2 is 1.41 bits per heavy atom. The van der Waals surface area contributed by atoms with Gasteiger partial charge in [-0.05, 0) is 68.2 Å². The molecule has 0 spiro atoms. The summed E-state index contributed by atoms with van der Waals surface area (Å²) >= 11 is 2.99. The van der Waals surface area contributed by atoms with Crippen LogP contribution in [-0.2, 0) is 22.4 Å². The summed E-state index contributed by atoms with van der Waals surface area (Å²) in [5.74, 6) is 0.0251. The first-order chi connectivity index (χ1) is 18.0. The zero-order chi connectivity index (χ0) is 26.0. The monoisotopic (exact) mass is 532 g/mol. The first kappa shape index (κ1) is 26.7. The van der Waals surface area contributed by atoms with E-state index in [2.05, 4.69) is 69.1 Å². The fourth-order valence-corrected chi connectivity index (χ4v) is 5.52. The van der Waals surface area contributed by atoms with Gasteiger partial charge in [0, 0.05) is 35.0 Å². The summed E-state index contributed by atoms with van der Waals surface area (Å²) in [4.78, 5) is 35.0. The van der Waals surface area contributed by atoms with Crippen LogP contribution in [0.3, 0.4) is 0 Å². The lowest BCUT2D eigenvalue weighted by atomic mass is 9.94. The van der Waals surface area contributed by atoms with E-state index < -0.39 is 0 Å². The van der Waals surface area contributed by atoms with Gasteiger partial charge in [-0.25, -0.2) is 9.97 Å². The zero-order valence-electron chi connectivity index (χ0n) is 21.3. The van der Waals surface area contributed by atoms with Gasteiger partial charge >= 0.3 is 0 Å². The predicted octanol–water partition coefficient (Wildman–Crippen LogP) is 7.20. The third-order valence-electron chi connectivity index (χ3n) is 5.96. The first-order valence-electron chi connectivity index (χ1n) is 12.6. The number of benzene rings is 2. The molecule has 4 aromatic rings. The molecule has 0 aliphatic heterocycles. The van der Waals surface area contributed by atoms with E-state index in [1.807, 2.05) is 13.8 Å². The highest BCUT2D eigenvalue weighted by Crippen LogP contribution is 2.27. The van der Waals surface area contributed by atoms with E-state index in [0.29, 0.717) is 23.1 Å². The molecule has 0 fully saturated rings. The number of aromatic nitrogens is 2. The fraction of sp³-hybridized carbons (Fsp3) is 0.310. The number of amides is 2. The molecule has 37 heavy (non-hydrogen) atoms. The van der Waals surface area contributed by atoms with Crippen molar-refractivity contribution in [1.82, 2.24) is 9.97 Å². The van der Waals surface area contributed by atoms with Gasteiger partial charge in [0.15, 0.2) is 10.3 Å². The van der Waals surface area contributed by atoms with Crippen LogP contribution in [0.15, 0.2) is 60.9 Å². The van der Waals surface area contributed by atoms with E-state index in [4.69, 9.17) is 0 Å². The van der Waals surface area contributed by atoms with Crippen molar-refractivity contribution in [2.24, 2.45) is 0 Å². The Hall–Kier alpha value is -3.36. The third kappa shape index (κ3) is 8.33. The summed E-state index contributed by atoms with van der Waals surface area (Å²) < 4.78 is 0. The number of carbonyl (C=O) groups is 2. The number of unbranched alkanes of at least 4 members (excludes halogenated alkanes) is 1. The van der Waals surface area contributed by atoms with Gasteiger partial charge in [-0.2, -0.15) is 0 Å². The van der Waals surface area contributed by atoms with Crippen LogP contribution >= 0.6 is 22.7 Å². The molecule has 0 unspecified atom stereocenters. The standard InChI is InChI=1S/C29H32N4O2S2/c1-20-18-30-28(36-20)32-26(34)15-6-4-12-23-11-3-5-14-25(23)24-13-7-9-22(17-24)10-8-16-27(35)33-29-31-19-21(2)37-29/h3,5,7,9,11,13-14,17-19H,4,6,8,10,12,15-16H2,1-2H3,(H,30,32,34)(H,31,33,35). The van der Waals surface area contributed by atoms with Crippen molar-refractivity contribution in [2.45, 2.75) is 58.8 Å².